The molecule has 1 N–H and O–H groups in total. The average molecular weight is 466 g/mol. The van der Waals surface area contributed by atoms with E-state index in [0.29, 0.717) is 13.1 Å². The number of benzene rings is 1. The molecule has 0 aromatic heterocycles. The van der Waals surface area contributed by atoms with Gasteiger partial charge in [0.2, 0.25) is 17.7 Å². The number of fused-ring (bicyclic) bond motifs is 2. The van der Waals surface area contributed by atoms with Gasteiger partial charge in [0, 0.05) is 31.4 Å². The van der Waals surface area contributed by atoms with Crippen LogP contribution in [-0.4, -0.2) is 82.2 Å². The second kappa shape index (κ2) is 8.06. The number of hydrogen-bond acceptors (Lipinski definition) is 5. The first-order valence-electron chi connectivity index (χ1n) is 11.9. The Morgan fingerprint density at radius 3 is 2.38 bits per heavy atom. The number of β-amino-alcohol motifs (C(OH)–C–C–N with tert-alkyl or cyclic N) is 1. The van der Waals surface area contributed by atoms with Crippen molar-refractivity contribution in [1.82, 2.24) is 9.80 Å². The molecule has 5 rings (SSSR count). The number of amides is 3. The lowest BCUT2D eigenvalue weighted by molar-refractivity contribution is -0.152. The molecule has 0 bridgehead atoms. The van der Waals surface area contributed by atoms with Gasteiger partial charge in [0.1, 0.15) is 11.6 Å². The van der Waals surface area contributed by atoms with Gasteiger partial charge in [-0.05, 0) is 32.9 Å². The fourth-order valence-corrected chi connectivity index (χ4v) is 6.19. The molecule has 34 heavy (non-hydrogen) atoms. The number of likely N-dealkylation sites (tertiary alicyclic amines) is 1. The van der Waals surface area contributed by atoms with Crippen molar-refractivity contribution in [2.75, 3.05) is 31.1 Å². The Bertz CT molecular complexity index is 1070. The summed E-state index contributed by atoms with van der Waals surface area (Å²) in [4.78, 5) is 46.6. The topological polar surface area (TPSA) is 90.4 Å². The van der Waals surface area contributed by atoms with Crippen LogP contribution in [0.4, 0.5) is 5.69 Å². The van der Waals surface area contributed by atoms with Crippen LogP contribution in [0.3, 0.4) is 0 Å². The molecule has 4 aliphatic rings. The van der Waals surface area contributed by atoms with E-state index in [1.54, 1.807) is 9.80 Å². The average Bonchev–Trinajstić information content (AvgIpc) is 3.05. The number of para-hydroxylation sites is 1. The fraction of sp³-hybridized carbons (Fsp3) is 0.500. The Morgan fingerprint density at radius 2 is 1.71 bits per heavy atom. The number of carbonyl (C=O) groups is 3. The first-order chi connectivity index (χ1) is 16.2. The van der Waals surface area contributed by atoms with Gasteiger partial charge < -0.3 is 24.5 Å². The number of anilines is 1. The number of rotatable bonds is 4. The molecule has 0 aliphatic carbocycles. The lowest BCUT2D eigenvalue weighted by Gasteiger charge is -2.38. The van der Waals surface area contributed by atoms with E-state index in [4.69, 9.17) is 4.74 Å². The van der Waals surface area contributed by atoms with E-state index in [-0.39, 0.29) is 36.9 Å². The monoisotopic (exact) mass is 465 g/mol. The number of aliphatic hydroxyl groups excluding tert-OH is 1. The van der Waals surface area contributed by atoms with Crippen LogP contribution < -0.4 is 4.90 Å². The van der Waals surface area contributed by atoms with Crippen molar-refractivity contribution in [3.8, 4) is 0 Å². The SMILES string of the molecule is CC(C)N1CC=C[C@]23O[C@@]4(C)C=CCN(c5ccccc5)C(=O)[C@H]4[C@H]2C(=O)N(CCO)C3C1=O. The first-order valence-corrected chi connectivity index (χ1v) is 11.9. The summed E-state index contributed by atoms with van der Waals surface area (Å²) in [7, 11) is 0. The molecule has 180 valence electrons. The Labute approximate surface area is 199 Å². The lowest BCUT2D eigenvalue weighted by Crippen LogP contribution is -2.57. The maximum Gasteiger partial charge on any atom is 0.249 e. The molecule has 5 atom stereocenters. The van der Waals surface area contributed by atoms with E-state index in [0.717, 1.165) is 5.69 Å². The van der Waals surface area contributed by atoms with Crippen molar-refractivity contribution >= 4 is 23.4 Å². The minimum absolute atomic E-state index is 0.00644. The molecule has 4 aliphatic heterocycles. The van der Waals surface area contributed by atoms with Crippen molar-refractivity contribution in [1.29, 1.82) is 0 Å². The maximum absolute atomic E-state index is 14.1. The number of hydrogen-bond donors (Lipinski definition) is 1. The zero-order valence-corrected chi connectivity index (χ0v) is 19.8. The third kappa shape index (κ3) is 3.08. The molecule has 1 aromatic rings. The third-order valence-electron chi connectivity index (χ3n) is 7.62. The van der Waals surface area contributed by atoms with Crippen LogP contribution in [0.1, 0.15) is 20.8 Å². The van der Waals surface area contributed by atoms with Crippen LogP contribution in [0.15, 0.2) is 54.6 Å². The molecule has 8 heteroatoms. The Morgan fingerprint density at radius 1 is 1.00 bits per heavy atom. The highest BCUT2D eigenvalue weighted by Crippen LogP contribution is 2.57. The van der Waals surface area contributed by atoms with Crippen molar-refractivity contribution < 1.29 is 24.2 Å². The van der Waals surface area contributed by atoms with Gasteiger partial charge in [0.15, 0.2) is 0 Å². The van der Waals surface area contributed by atoms with E-state index in [1.807, 2.05) is 75.4 Å². The van der Waals surface area contributed by atoms with Crippen molar-refractivity contribution in [3.05, 3.63) is 54.6 Å². The normalized spacial score (nSPS) is 34.9. The predicted octanol–water partition coefficient (Wildman–Crippen LogP) is 1.36. The highest BCUT2D eigenvalue weighted by atomic mass is 16.5. The van der Waals surface area contributed by atoms with E-state index in [9.17, 15) is 19.5 Å². The van der Waals surface area contributed by atoms with Crippen LogP contribution in [0.25, 0.3) is 0 Å². The predicted molar refractivity (Wildman–Crippen MR) is 126 cm³/mol. The molecule has 2 fully saturated rings. The first kappa shape index (κ1) is 22.8. The third-order valence-corrected chi connectivity index (χ3v) is 7.62. The Hall–Kier alpha value is -2.97. The van der Waals surface area contributed by atoms with Gasteiger partial charge in [-0.3, -0.25) is 14.4 Å². The summed E-state index contributed by atoms with van der Waals surface area (Å²) in [6.07, 6.45) is 7.47. The standard InChI is InChI=1S/C26H31N3O5/c1-17(2)27-13-8-12-26-20(23(32)29(15-16-30)21(26)24(27)33)19-22(31)28(18-9-5-4-6-10-18)14-7-11-25(19,3)34-26/h4-12,17,19-21,30H,13-16H2,1-3H3/t19-,20+,21?,25+,26+/m1/s1. The van der Waals surface area contributed by atoms with Crippen LogP contribution in [0.5, 0.6) is 0 Å². The van der Waals surface area contributed by atoms with Gasteiger partial charge in [-0.2, -0.15) is 0 Å². The van der Waals surface area contributed by atoms with E-state index in [2.05, 4.69) is 0 Å². The summed E-state index contributed by atoms with van der Waals surface area (Å²) >= 11 is 0. The second-order valence-corrected chi connectivity index (χ2v) is 9.93. The molecule has 1 unspecified atom stereocenters. The van der Waals surface area contributed by atoms with Gasteiger partial charge >= 0.3 is 0 Å². The second-order valence-electron chi connectivity index (χ2n) is 9.93. The van der Waals surface area contributed by atoms with E-state index >= 15 is 0 Å². The van der Waals surface area contributed by atoms with Gasteiger partial charge in [0.05, 0.1) is 24.0 Å². The van der Waals surface area contributed by atoms with Crippen LogP contribution in [0, 0.1) is 11.8 Å². The summed E-state index contributed by atoms with van der Waals surface area (Å²) in [6, 6.07) is 8.36. The largest absolute Gasteiger partial charge is 0.395 e. The van der Waals surface area contributed by atoms with Crippen molar-refractivity contribution in [2.24, 2.45) is 11.8 Å². The highest BCUT2D eigenvalue weighted by molar-refractivity contribution is 6.04. The molecule has 0 saturated carbocycles. The van der Waals surface area contributed by atoms with Gasteiger partial charge in [-0.25, -0.2) is 0 Å². The zero-order valence-electron chi connectivity index (χ0n) is 19.8. The fourth-order valence-electron chi connectivity index (χ4n) is 6.19. The van der Waals surface area contributed by atoms with Gasteiger partial charge in [-0.1, -0.05) is 42.5 Å². The quantitative estimate of drug-likeness (QED) is 0.679. The van der Waals surface area contributed by atoms with E-state index < -0.39 is 29.1 Å². The van der Waals surface area contributed by atoms with Crippen molar-refractivity contribution in [2.45, 2.75) is 44.1 Å². The smallest absolute Gasteiger partial charge is 0.249 e. The van der Waals surface area contributed by atoms with Gasteiger partial charge in [0.25, 0.3) is 0 Å². The number of carbonyl (C=O) groups excluding carboxylic acids is 3. The number of ether oxygens (including phenoxy) is 1. The Balaban J connectivity index is 1.65. The highest BCUT2D eigenvalue weighted by Gasteiger charge is 2.74. The van der Waals surface area contributed by atoms with Crippen LogP contribution in [0.2, 0.25) is 0 Å². The molecule has 0 radical (unpaired) electrons. The molecule has 3 amide bonds. The lowest BCUT2D eigenvalue weighted by atomic mass is 9.74. The van der Waals surface area contributed by atoms with E-state index in [1.165, 1.54) is 4.90 Å². The molecule has 4 heterocycles. The number of nitrogens with zero attached hydrogens (tertiary/aromatic N) is 3. The zero-order chi connectivity index (χ0) is 24.3. The maximum atomic E-state index is 14.1. The summed E-state index contributed by atoms with van der Waals surface area (Å²) in [6.45, 7) is 6.18. The summed E-state index contributed by atoms with van der Waals surface area (Å²) in [5.74, 6) is -2.44. The van der Waals surface area contributed by atoms with Gasteiger partial charge in [-0.15, -0.1) is 0 Å². The summed E-state index contributed by atoms with van der Waals surface area (Å²) in [5.41, 5.74) is -1.59. The molecular weight excluding hydrogens is 434 g/mol. The molecule has 8 nitrogen and oxygen atoms in total. The molecule has 1 aromatic carbocycles. The summed E-state index contributed by atoms with van der Waals surface area (Å²) < 4.78 is 6.72. The minimum Gasteiger partial charge on any atom is -0.395 e. The Kier molecular flexibility index (Phi) is 5.41. The number of aliphatic hydroxyl groups is 1. The van der Waals surface area contributed by atoms with Crippen LogP contribution >= 0.6 is 0 Å². The minimum atomic E-state index is -1.29. The van der Waals surface area contributed by atoms with Crippen LogP contribution in [-0.2, 0) is 19.1 Å². The van der Waals surface area contributed by atoms with Crippen molar-refractivity contribution in [3.63, 3.8) is 0 Å². The molecular formula is C26H31N3O5. The summed E-state index contributed by atoms with van der Waals surface area (Å²) in [5, 5.41) is 9.73. The molecule has 2 saturated heterocycles. The molecule has 1 spiro atoms.